The van der Waals surface area contributed by atoms with Crippen molar-refractivity contribution in [2.24, 2.45) is 0 Å². The molecule has 0 radical (unpaired) electrons. The van der Waals surface area contributed by atoms with Crippen molar-refractivity contribution < 1.29 is 4.79 Å². The standard InChI is InChI=1S/C14H18N4O/c1-11-3-2-4-12(9-11)5-7-16-14(19)10-18-8-6-13(15)17-18/h2-4,6,8-9H,5,7,10H2,1H3,(H2,15,17)(H,16,19). The molecule has 19 heavy (non-hydrogen) atoms. The van der Waals surface area contributed by atoms with E-state index < -0.39 is 0 Å². The highest BCUT2D eigenvalue weighted by Crippen LogP contribution is 2.03. The van der Waals surface area contributed by atoms with Gasteiger partial charge in [0.15, 0.2) is 0 Å². The number of carbonyl (C=O) groups excluding carboxylic acids is 1. The predicted octanol–water partition coefficient (Wildman–Crippen LogP) is 1.13. The molecule has 0 saturated heterocycles. The Labute approximate surface area is 112 Å². The summed E-state index contributed by atoms with van der Waals surface area (Å²) in [5.41, 5.74) is 7.94. The molecule has 3 N–H and O–H groups in total. The van der Waals surface area contributed by atoms with Crippen LogP contribution in [-0.2, 0) is 17.8 Å². The fourth-order valence-electron chi connectivity index (χ4n) is 1.88. The van der Waals surface area contributed by atoms with Crippen LogP contribution >= 0.6 is 0 Å². The van der Waals surface area contributed by atoms with Gasteiger partial charge in [0.2, 0.25) is 5.91 Å². The maximum absolute atomic E-state index is 11.7. The van der Waals surface area contributed by atoms with Gasteiger partial charge < -0.3 is 11.1 Å². The number of amides is 1. The van der Waals surface area contributed by atoms with Gasteiger partial charge in [0.05, 0.1) is 0 Å². The summed E-state index contributed by atoms with van der Waals surface area (Å²) in [6.45, 7) is 2.88. The maximum Gasteiger partial charge on any atom is 0.241 e. The van der Waals surface area contributed by atoms with Gasteiger partial charge in [-0.3, -0.25) is 9.48 Å². The van der Waals surface area contributed by atoms with E-state index in [1.54, 1.807) is 12.3 Å². The van der Waals surface area contributed by atoms with E-state index in [1.165, 1.54) is 15.8 Å². The minimum absolute atomic E-state index is 0.0595. The number of hydrogen-bond donors (Lipinski definition) is 2. The van der Waals surface area contributed by atoms with Gasteiger partial charge in [0, 0.05) is 12.7 Å². The number of nitrogens with zero attached hydrogens (tertiary/aromatic N) is 2. The van der Waals surface area contributed by atoms with Crippen LogP contribution in [0.15, 0.2) is 36.5 Å². The second kappa shape index (κ2) is 6.04. The van der Waals surface area contributed by atoms with Crippen molar-refractivity contribution in [3.05, 3.63) is 47.7 Å². The quantitative estimate of drug-likeness (QED) is 0.844. The first-order valence-electron chi connectivity index (χ1n) is 6.24. The molecule has 5 nitrogen and oxygen atoms in total. The Morgan fingerprint density at radius 1 is 1.42 bits per heavy atom. The molecule has 0 unspecified atom stereocenters. The summed E-state index contributed by atoms with van der Waals surface area (Å²) in [5, 5.41) is 6.83. The zero-order chi connectivity index (χ0) is 13.7. The predicted molar refractivity (Wildman–Crippen MR) is 74.5 cm³/mol. The van der Waals surface area contributed by atoms with E-state index in [9.17, 15) is 4.79 Å². The van der Waals surface area contributed by atoms with Gasteiger partial charge in [0.25, 0.3) is 0 Å². The highest BCUT2D eigenvalue weighted by molar-refractivity contribution is 5.75. The number of anilines is 1. The maximum atomic E-state index is 11.7. The second-order valence-corrected chi connectivity index (χ2v) is 4.53. The van der Waals surface area contributed by atoms with E-state index >= 15 is 0 Å². The van der Waals surface area contributed by atoms with Crippen LogP contribution in [-0.4, -0.2) is 22.2 Å². The molecule has 0 spiro atoms. The number of rotatable bonds is 5. The first-order valence-corrected chi connectivity index (χ1v) is 6.24. The average Bonchev–Trinajstić information content (AvgIpc) is 2.75. The fourth-order valence-corrected chi connectivity index (χ4v) is 1.88. The Kier molecular flexibility index (Phi) is 4.18. The van der Waals surface area contributed by atoms with Crippen LogP contribution in [0.1, 0.15) is 11.1 Å². The molecule has 0 bridgehead atoms. The molecule has 1 heterocycles. The Bertz CT molecular complexity index is 562. The van der Waals surface area contributed by atoms with E-state index in [2.05, 4.69) is 35.5 Å². The Balaban J connectivity index is 1.75. The lowest BCUT2D eigenvalue weighted by Gasteiger charge is -2.06. The minimum Gasteiger partial charge on any atom is -0.382 e. The normalized spacial score (nSPS) is 10.4. The molecule has 2 aromatic rings. The molecule has 0 aliphatic heterocycles. The number of hydrogen-bond acceptors (Lipinski definition) is 3. The van der Waals surface area contributed by atoms with Crippen LogP contribution in [0.3, 0.4) is 0 Å². The number of carbonyl (C=O) groups is 1. The van der Waals surface area contributed by atoms with Crippen molar-refractivity contribution in [1.29, 1.82) is 0 Å². The zero-order valence-electron chi connectivity index (χ0n) is 11.0. The Morgan fingerprint density at radius 3 is 2.95 bits per heavy atom. The van der Waals surface area contributed by atoms with E-state index in [1.807, 2.05) is 6.07 Å². The number of nitrogens with two attached hydrogens (primary N) is 1. The average molecular weight is 258 g/mol. The molecule has 0 atom stereocenters. The van der Waals surface area contributed by atoms with Gasteiger partial charge in [-0.1, -0.05) is 29.8 Å². The van der Waals surface area contributed by atoms with Crippen molar-refractivity contribution in [3.63, 3.8) is 0 Å². The topological polar surface area (TPSA) is 72.9 Å². The van der Waals surface area contributed by atoms with Crippen molar-refractivity contribution >= 4 is 11.7 Å². The number of nitrogen functional groups attached to an aromatic ring is 1. The lowest BCUT2D eigenvalue weighted by Crippen LogP contribution is -2.29. The van der Waals surface area contributed by atoms with Crippen LogP contribution in [0.2, 0.25) is 0 Å². The molecule has 1 aromatic carbocycles. The highest BCUT2D eigenvalue weighted by atomic mass is 16.2. The SMILES string of the molecule is Cc1cccc(CCNC(=O)Cn2ccc(N)n2)c1. The van der Waals surface area contributed by atoms with Gasteiger partial charge in [0.1, 0.15) is 12.4 Å². The summed E-state index contributed by atoms with van der Waals surface area (Å²) in [5.74, 6) is 0.364. The zero-order valence-corrected chi connectivity index (χ0v) is 11.0. The van der Waals surface area contributed by atoms with Crippen LogP contribution in [0, 0.1) is 6.92 Å². The molecule has 0 aliphatic carbocycles. The first kappa shape index (κ1) is 13.1. The van der Waals surface area contributed by atoms with Crippen LogP contribution in [0.5, 0.6) is 0 Å². The smallest absolute Gasteiger partial charge is 0.241 e. The highest BCUT2D eigenvalue weighted by Gasteiger charge is 2.03. The molecular formula is C14H18N4O. The summed E-state index contributed by atoms with van der Waals surface area (Å²) in [6.07, 6.45) is 2.52. The van der Waals surface area contributed by atoms with E-state index in [0.717, 1.165) is 6.42 Å². The lowest BCUT2D eigenvalue weighted by molar-refractivity contribution is -0.121. The van der Waals surface area contributed by atoms with Crippen molar-refractivity contribution in [3.8, 4) is 0 Å². The third kappa shape index (κ3) is 4.13. The van der Waals surface area contributed by atoms with Gasteiger partial charge in [-0.2, -0.15) is 5.10 Å². The summed E-state index contributed by atoms with van der Waals surface area (Å²) >= 11 is 0. The molecule has 5 heteroatoms. The summed E-state index contributed by atoms with van der Waals surface area (Å²) in [4.78, 5) is 11.7. The molecule has 0 saturated carbocycles. The van der Waals surface area contributed by atoms with Gasteiger partial charge in [-0.05, 0) is 25.0 Å². The molecule has 100 valence electrons. The van der Waals surface area contributed by atoms with E-state index in [4.69, 9.17) is 5.73 Å². The molecule has 1 amide bonds. The van der Waals surface area contributed by atoms with Crippen molar-refractivity contribution in [2.75, 3.05) is 12.3 Å². The number of benzene rings is 1. The Morgan fingerprint density at radius 2 is 2.26 bits per heavy atom. The van der Waals surface area contributed by atoms with Crippen LogP contribution in [0.4, 0.5) is 5.82 Å². The monoisotopic (exact) mass is 258 g/mol. The second-order valence-electron chi connectivity index (χ2n) is 4.53. The van der Waals surface area contributed by atoms with Crippen LogP contribution in [0.25, 0.3) is 0 Å². The first-order chi connectivity index (χ1) is 9.13. The number of nitrogens with one attached hydrogen (secondary N) is 1. The number of aryl methyl sites for hydroxylation is 1. The van der Waals surface area contributed by atoms with Gasteiger partial charge >= 0.3 is 0 Å². The molecule has 0 fully saturated rings. The fraction of sp³-hybridized carbons (Fsp3) is 0.286. The van der Waals surface area contributed by atoms with Gasteiger partial charge in [-0.25, -0.2) is 0 Å². The Hall–Kier alpha value is -2.30. The third-order valence-electron chi connectivity index (χ3n) is 2.79. The molecule has 2 rings (SSSR count). The molecule has 1 aromatic heterocycles. The largest absolute Gasteiger partial charge is 0.382 e. The third-order valence-corrected chi connectivity index (χ3v) is 2.79. The summed E-state index contributed by atoms with van der Waals surface area (Å²) < 4.78 is 1.53. The van der Waals surface area contributed by atoms with Crippen molar-refractivity contribution in [1.82, 2.24) is 15.1 Å². The summed E-state index contributed by atoms with van der Waals surface area (Å²) in [7, 11) is 0. The summed E-state index contributed by atoms with van der Waals surface area (Å²) in [6, 6.07) is 9.94. The van der Waals surface area contributed by atoms with Gasteiger partial charge in [-0.15, -0.1) is 0 Å². The molecular weight excluding hydrogens is 240 g/mol. The van der Waals surface area contributed by atoms with E-state index in [0.29, 0.717) is 12.4 Å². The lowest BCUT2D eigenvalue weighted by atomic mass is 10.1. The minimum atomic E-state index is -0.0595. The number of aromatic nitrogens is 2. The van der Waals surface area contributed by atoms with Crippen LogP contribution < -0.4 is 11.1 Å². The van der Waals surface area contributed by atoms with E-state index in [-0.39, 0.29) is 12.5 Å². The van der Waals surface area contributed by atoms with Crippen molar-refractivity contribution in [2.45, 2.75) is 19.9 Å². The molecule has 0 aliphatic rings.